The molecule has 0 heterocycles. The average molecular weight is 225 g/mol. The van der Waals surface area contributed by atoms with Crippen molar-refractivity contribution in [1.29, 1.82) is 5.26 Å². The fraction of sp³-hybridized carbons (Fsp3) is 0.143. The third kappa shape index (κ3) is 2.32. The Morgan fingerprint density at radius 1 is 1.35 bits per heavy atom. The van der Waals surface area contributed by atoms with Crippen molar-refractivity contribution in [2.24, 2.45) is 0 Å². The first-order valence-electron chi connectivity index (χ1n) is 5.27. The predicted molar refractivity (Wildman–Crippen MR) is 63.2 cm³/mol. The highest BCUT2D eigenvalue weighted by molar-refractivity contribution is 6.10. The van der Waals surface area contributed by atoms with E-state index in [1.807, 2.05) is 6.07 Å². The van der Waals surface area contributed by atoms with Crippen molar-refractivity contribution in [3.8, 4) is 6.07 Å². The number of hydrogen-bond donors (Lipinski definition) is 1. The van der Waals surface area contributed by atoms with E-state index in [0.29, 0.717) is 11.1 Å². The molecule has 0 spiro atoms. The van der Waals surface area contributed by atoms with Crippen LogP contribution in [-0.2, 0) is 0 Å². The molecule has 1 aromatic carbocycles. The highest BCUT2D eigenvalue weighted by Crippen LogP contribution is 2.22. The number of carbonyl (C=O) groups excluding carboxylic acids is 1. The molecule has 84 valence electrons. The van der Waals surface area contributed by atoms with Crippen molar-refractivity contribution >= 4 is 5.78 Å². The second-order valence-corrected chi connectivity index (χ2v) is 3.93. The Labute approximate surface area is 99.3 Å². The summed E-state index contributed by atoms with van der Waals surface area (Å²) in [6.07, 6.45) is 4.61. The standard InChI is InChI=1S/C14H11NO2/c15-10-14(17)8-6-12(7-9-14)13(16)11-4-2-1-3-5-11/h1-8,17H,9H2. The Balaban J connectivity index is 2.21. The van der Waals surface area contributed by atoms with E-state index >= 15 is 0 Å². The molecule has 0 radical (unpaired) electrons. The van der Waals surface area contributed by atoms with Gasteiger partial charge < -0.3 is 5.11 Å². The molecule has 17 heavy (non-hydrogen) atoms. The number of ketones is 1. The van der Waals surface area contributed by atoms with Crippen LogP contribution in [0.4, 0.5) is 0 Å². The van der Waals surface area contributed by atoms with Crippen LogP contribution in [0, 0.1) is 11.3 Å². The van der Waals surface area contributed by atoms with Gasteiger partial charge in [0.05, 0.1) is 0 Å². The first-order chi connectivity index (χ1) is 8.14. The minimum absolute atomic E-state index is 0.0955. The molecular weight excluding hydrogens is 214 g/mol. The van der Waals surface area contributed by atoms with E-state index in [1.165, 1.54) is 12.2 Å². The van der Waals surface area contributed by atoms with E-state index in [1.54, 1.807) is 36.4 Å². The SMILES string of the molecule is N#CC1(O)C=CC(C(=O)c2ccccc2)=CC1. The maximum absolute atomic E-state index is 12.0. The third-order valence-corrected chi connectivity index (χ3v) is 2.66. The maximum atomic E-state index is 12.0. The number of aliphatic hydroxyl groups is 1. The lowest BCUT2D eigenvalue weighted by Crippen LogP contribution is -2.25. The molecule has 0 bridgehead atoms. The van der Waals surface area contributed by atoms with Crippen molar-refractivity contribution in [2.45, 2.75) is 12.0 Å². The summed E-state index contributed by atoms with van der Waals surface area (Å²) in [4.78, 5) is 12.0. The van der Waals surface area contributed by atoms with Gasteiger partial charge in [-0.2, -0.15) is 5.26 Å². The van der Waals surface area contributed by atoms with Gasteiger partial charge >= 0.3 is 0 Å². The highest BCUT2D eigenvalue weighted by atomic mass is 16.3. The van der Waals surface area contributed by atoms with Crippen LogP contribution in [0.3, 0.4) is 0 Å². The number of benzene rings is 1. The lowest BCUT2D eigenvalue weighted by atomic mass is 9.90. The van der Waals surface area contributed by atoms with Gasteiger partial charge in [0, 0.05) is 17.6 Å². The molecule has 3 nitrogen and oxygen atoms in total. The monoisotopic (exact) mass is 225 g/mol. The summed E-state index contributed by atoms with van der Waals surface area (Å²) < 4.78 is 0. The molecule has 0 saturated heterocycles. The zero-order chi connectivity index (χ0) is 12.3. The minimum Gasteiger partial charge on any atom is -0.372 e. The van der Waals surface area contributed by atoms with Gasteiger partial charge in [-0.25, -0.2) is 0 Å². The molecule has 3 heteroatoms. The van der Waals surface area contributed by atoms with Crippen molar-refractivity contribution in [2.75, 3.05) is 0 Å². The summed E-state index contributed by atoms with van der Waals surface area (Å²) >= 11 is 0. The molecule has 0 aliphatic heterocycles. The van der Waals surface area contributed by atoms with Crippen LogP contribution in [0.5, 0.6) is 0 Å². The highest BCUT2D eigenvalue weighted by Gasteiger charge is 2.25. The Bertz CT molecular complexity index is 537. The van der Waals surface area contributed by atoms with E-state index in [2.05, 4.69) is 0 Å². The van der Waals surface area contributed by atoms with Crippen LogP contribution < -0.4 is 0 Å². The van der Waals surface area contributed by atoms with E-state index in [4.69, 9.17) is 5.26 Å². The molecule has 0 fully saturated rings. The third-order valence-electron chi connectivity index (χ3n) is 2.66. The van der Waals surface area contributed by atoms with Gasteiger partial charge in [-0.3, -0.25) is 4.79 Å². The van der Waals surface area contributed by atoms with Crippen LogP contribution in [0.2, 0.25) is 0 Å². The van der Waals surface area contributed by atoms with Gasteiger partial charge in [0.15, 0.2) is 11.4 Å². The van der Waals surface area contributed by atoms with E-state index < -0.39 is 5.60 Å². The smallest absolute Gasteiger partial charge is 0.192 e. The molecule has 1 unspecified atom stereocenters. The number of nitriles is 1. The molecule has 1 aromatic rings. The fourth-order valence-electron chi connectivity index (χ4n) is 1.64. The molecule has 1 N–H and O–H groups in total. The van der Waals surface area contributed by atoms with Crippen LogP contribution in [0.1, 0.15) is 16.8 Å². The van der Waals surface area contributed by atoms with Gasteiger partial charge in [0.2, 0.25) is 0 Å². The quantitative estimate of drug-likeness (QED) is 0.618. The van der Waals surface area contributed by atoms with Crippen molar-refractivity contribution in [1.82, 2.24) is 0 Å². The van der Waals surface area contributed by atoms with Crippen LogP contribution in [0.25, 0.3) is 0 Å². The van der Waals surface area contributed by atoms with Crippen molar-refractivity contribution < 1.29 is 9.90 Å². The number of nitrogens with zero attached hydrogens (tertiary/aromatic N) is 1. The van der Waals surface area contributed by atoms with Crippen molar-refractivity contribution in [3.05, 3.63) is 59.7 Å². The fourth-order valence-corrected chi connectivity index (χ4v) is 1.64. The second-order valence-electron chi connectivity index (χ2n) is 3.93. The summed E-state index contributed by atoms with van der Waals surface area (Å²) in [5.74, 6) is -0.0955. The summed E-state index contributed by atoms with van der Waals surface area (Å²) in [5, 5.41) is 18.4. The van der Waals surface area contributed by atoms with E-state index in [9.17, 15) is 9.90 Å². The normalized spacial score (nSPS) is 22.7. The molecular formula is C14H11NO2. The largest absolute Gasteiger partial charge is 0.372 e. The Kier molecular flexibility index (Phi) is 2.90. The van der Waals surface area contributed by atoms with Gasteiger partial charge in [-0.05, 0) is 6.08 Å². The Morgan fingerprint density at radius 2 is 2.06 bits per heavy atom. The minimum atomic E-state index is -1.47. The number of rotatable bonds is 2. The molecule has 1 atom stereocenters. The molecule has 0 saturated carbocycles. The Hall–Kier alpha value is -2.18. The predicted octanol–water partition coefficient (Wildman–Crippen LogP) is 2.01. The zero-order valence-corrected chi connectivity index (χ0v) is 9.13. The van der Waals surface area contributed by atoms with E-state index in [-0.39, 0.29) is 12.2 Å². The Morgan fingerprint density at radius 3 is 2.59 bits per heavy atom. The van der Waals surface area contributed by atoms with Crippen molar-refractivity contribution in [3.63, 3.8) is 0 Å². The molecule has 1 aliphatic carbocycles. The van der Waals surface area contributed by atoms with Gasteiger partial charge in [-0.1, -0.05) is 42.5 Å². The summed E-state index contributed by atoms with van der Waals surface area (Å²) in [6, 6.07) is 10.7. The second kappa shape index (κ2) is 4.36. The zero-order valence-electron chi connectivity index (χ0n) is 9.13. The van der Waals surface area contributed by atoms with Gasteiger partial charge in [0.25, 0.3) is 0 Å². The lowest BCUT2D eigenvalue weighted by Gasteiger charge is -2.18. The van der Waals surface area contributed by atoms with Crippen LogP contribution in [0.15, 0.2) is 54.1 Å². The molecule has 0 aromatic heterocycles. The number of Topliss-reactive ketones (excluding diaryl/α,β-unsaturated/α-hetero) is 1. The summed E-state index contributed by atoms with van der Waals surface area (Å²) in [7, 11) is 0. The van der Waals surface area contributed by atoms with Crippen LogP contribution >= 0.6 is 0 Å². The van der Waals surface area contributed by atoms with Gasteiger partial charge in [0.1, 0.15) is 6.07 Å². The maximum Gasteiger partial charge on any atom is 0.192 e. The average Bonchev–Trinajstić information content (AvgIpc) is 2.40. The van der Waals surface area contributed by atoms with Gasteiger partial charge in [-0.15, -0.1) is 0 Å². The topological polar surface area (TPSA) is 61.1 Å². The van der Waals surface area contributed by atoms with Crippen LogP contribution in [-0.4, -0.2) is 16.5 Å². The number of carbonyl (C=O) groups is 1. The van der Waals surface area contributed by atoms with E-state index in [0.717, 1.165) is 0 Å². The molecule has 0 amide bonds. The first kappa shape index (κ1) is 11.3. The summed E-state index contributed by atoms with van der Waals surface area (Å²) in [6.45, 7) is 0. The molecule has 2 rings (SSSR count). The first-order valence-corrected chi connectivity index (χ1v) is 5.27. The summed E-state index contributed by atoms with van der Waals surface area (Å²) in [5.41, 5.74) is -0.359. The number of hydrogen-bond acceptors (Lipinski definition) is 3. The lowest BCUT2D eigenvalue weighted by molar-refractivity contribution is 0.103. The number of allylic oxidation sites excluding steroid dienone is 2. The molecule has 1 aliphatic rings.